The summed E-state index contributed by atoms with van der Waals surface area (Å²) in [6.45, 7) is 7.33. The van der Waals surface area contributed by atoms with Crippen molar-refractivity contribution in [2.45, 2.75) is 38.0 Å². The Hall–Kier alpha value is -0.900. The Morgan fingerprint density at radius 2 is 2.21 bits per heavy atom. The number of benzene rings is 1. The quantitative estimate of drug-likeness (QED) is 0.880. The Morgan fingerprint density at radius 1 is 1.37 bits per heavy atom. The summed E-state index contributed by atoms with van der Waals surface area (Å²) in [5, 5.41) is 3.58. The van der Waals surface area contributed by atoms with Gasteiger partial charge in [0.15, 0.2) is 0 Å². The maximum Gasteiger partial charge on any atom is 0.0933 e. The number of morpholine rings is 1. The molecule has 2 unspecified atom stereocenters. The van der Waals surface area contributed by atoms with Gasteiger partial charge in [-0.05, 0) is 31.9 Å². The topological polar surface area (TPSA) is 24.5 Å². The lowest BCUT2D eigenvalue weighted by atomic mass is 9.90. The number of hydrogen-bond donors (Lipinski definition) is 1. The predicted molar refractivity (Wildman–Crippen MR) is 77.1 cm³/mol. The van der Waals surface area contributed by atoms with Gasteiger partial charge in [-0.15, -0.1) is 0 Å². The Kier molecular flexibility index (Phi) is 3.87. The molecule has 2 heterocycles. The molecule has 0 aliphatic carbocycles. The minimum absolute atomic E-state index is 0.0551. The van der Waals surface area contributed by atoms with Crippen molar-refractivity contribution >= 4 is 0 Å². The van der Waals surface area contributed by atoms with Gasteiger partial charge in [-0.2, -0.15) is 0 Å². The fraction of sp³-hybridized carbons (Fsp3) is 0.625. The summed E-state index contributed by atoms with van der Waals surface area (Å²) in [6.07, 6.45) is 2.43. The third-order valence-corrected chi connectivity index (χ3v) is 4.28. The van der Waals surface area contributed by atoms with E-state index in [-0.39, 0.29) is 5.60 Å². The van der Waals surface area contributed by atoms with Gasteiger partial charge in [-0.1, -0.05) is 30.3 Å². The lowest BCUT2D eigenvalue weighted by Gasteiger charge is -2.46. The Bertz CT molecular complexity index is 398. The van der Waals surface area contributed by atoms with Gasteiger partial charge >= 0.3 is 0 Å². The zero-order valence-corrected chi connectivity index (χ0v) is 11.8. The molecule has 0 saturated carbocycles. The van der Waals surface area contributed by atoms with Crippen molar-refractivity contribution in [2.75, 3.05) is 26.2 Å². The third-order valence-electron chi connectivity index (χ3n) is 4.28. The van der Waals surface area contributed by atoms with E-state index < -0.39 is 0 Å². The summed E-state index contributed by atoms with van der Waals surface area (Å²) < 4.78 is 6.18. The zero-order chi connectivity index (χ0) is 13.1. The summed E-state index contributed by atoms with van der Waals surface area (Å²) in [4.78, 5) is 2.54. The van der Waals surface area contributed by atoms with Crippen molar-refractivity contribution in [3.63, 3.8) is 0 Å². The highest BCUT2D eigenvalue weighted by Gasteiger charge is 2.39. The van der Waals surface area contributed by atoms with Crippen LogP contribution in [0.2, 0.25) is 0 Å². The molecule has 1 spiro atoms. The van der Waals surface area contributed by atoms with E-state index in [1.807, 2.05) is 0 Å². The normalized spacial score (nSPS) is 32.6. The van der Waals surface area contributed by atoms with E-state index in [4.69, 9.17) is 4.74 Å². The Labute approximate surface area is 115 Å². The second kappa shape index (κ2) is 5.61. The largest absolute Gasteiger partial charge is 0.371 e. The monoisotopic (exact) mass is 260 g/mol. The maximum absolute atomic E-state index is 6.18. The van der Waals surface area contributed by atoms with Crippen LogP contribution in [0.15, 0.2) is 30.3 Å². The van der Waals surface area contributed by atoms with Crippen LogP contribution in [0.4, 0.5) is 0 Å². The summed E-state index contributed by atoms with van der Waals surface area (Å²) in [7, 11) is 0. The standard InChI is InChI=1S/C16H24N2O/c1-14-11-19-16(12-17-14)8-5-9-18(13-16)10-15-6-3-2-4-7-15/h2-4,6-7,14,17H,5,8-13H2,1H3. The highest BCUT2D eigenvalue weighted by molar-refractivity contribution is 5.14. The molecule has 1 aromatic rings. The average molecular weight is 260 g/mol. The minimum atomic E-state index is 0.0551. The summed E-state index contributed by atoms with van der Waals surface area (Å²) in [5.74, 6) is 0. The molecule has 1 aromatic carbocycles. The van der Waals surface area contributed by atoms with Gasteiger partial charge < -0.3 is 10.1 Å². The molecular weight excluding hydrogens is 236 g/mol. The van der Waals surface area contributed by atoms with E-state index in [1.165, 1.54) is 24.9 Å². The molecule has 0 bridgehead atoms. The fourth-order valence-electron chi connectivity index (χ4n) is 3.20. The van der Waals surface area contributed by atoms with Crippen LogP contribution in [0.3, 0.4) is 0 Å². The van der Waals surface area contributed by atoms with Crippen LogP contribution < -0.4 is 5.32 Å². The molecule has 1 N–H and O–H groups in total. The SMILES string of the molecule is CC1COC2(CCCN(Cc3ccccc3)C2)CN1. The lowest BCUT2D eigenvalue weighted by Crippen LogP contribution is -2.60. The summed E-state index contributed by atoms with van der Waals surface area (Å²) in [5.41, 5.74) is 1.45. The lowest BCUT2D eigenvalue weighted by molar-refractivity contribution is -0.118. The first-order valence-electron chi connectivity index (χ1n) is 7.39. The number of rotatable bonds is 2. The molecule has 19 heavy (non-hydrogen) atoms. The van der Waals surface area contributed by atoms with Gasteiger partial charge in [0.25, 0.3) is 0 Å². The molecule has 3 heteroatoms. The zero-order valence-electron chi connectivity index (χ0n) is 11.8. The smallest absolute Gasteiger partial charge is 0.0933 e. The van der Waals surface area contributed by atoms with Crippen LogP contribution in [-0.2, 0) is 11.3 Å². The average Bonchev–Trinajstić information content (AvgIpc) is 2.44. The highest BCUT2D eigenvalue weighted by atomic mass is 16.5. The van der Waals surface area contributed by atoms with Crippen molar-refractivity contribution in [3.8, 4) is 0 Å². The molecule has 2 aliphatic heterocycles. The van der Waals surface area contributed by atoms with Crippen LogP contribution in [0.5, 0.6) is 0 Å². The number of piperidine rings is 1. The van der Waals surface area contributed by atoms with Crippen LogP contribution >= 0.6 is 0 Å². The first-order valence-corrected chi connectivity index (χ1v) is 7.39. The second-order valence-electron chi connectivity index (χ2n) is 6.08. The van der Waals surface area contributed by atoms with E-state index in [2.05, 4.69) is 47.5 Å². The van der Waals surface area contributed by atoms with Gasteiger partial charge in [0.2, 0.25) is 0 Å². The van der Waals surface area contributed by atoms with Crippen molar-refractivity contribution in [1.82, 2.24) is 10.2 Å². The van der Waals surface area contributed by atoms with E-state index in [9.17, 15) is 0 Å². The summed E-state index contributed by atoms with van der Waals surface area (Å²) in [6, 6.07) is 11.2. The minimum Gasteiger partial charge on any atom is -0.371 e. The molecule has 104 valence electrons. The Morgan fingerprint density at radius 3 is 2.95 bits per heavy atom. The number of ether oxygens (including phenoxy) is 1. The van der Waals surface area contributed by atoms with E-state index in [0.717, 1.165) is 26.2 Å². The molecule has 2 aliphatic rings. The molecule has 0 radical (unpaired) electrons. The van der Waals surface area contributed by atoms with Crippen molar-refractivity contribution < 1.29 is 4.74 Å². The fourth-order valence-corrected chi connectivity index (χ4v) is 3.20. The molecule has 3 rings (SSSR count). The number of hydrogen-bond acceptors (Lipinski definition) is 3. The van der Waals surface area contributed by atoms with Gasteiger partial charge in [0.05, 0.1) is 12.2 Å². The molecular formula is C16H24N2O. The second-order valence-corrected chi connectivity index (χ2v) is 6.08. The Balaban J connectivity index is 1.62. The van der Waals surface area contributed by atoms with Gasteiger partial charge in [0, 0.05) is 25.7 Å². The number of nitrogens with one attached hydrogen (secondary N) is 1. The van der Waals surface area contributed by atoms with Gasteiger partial charge in [-0.3, -0.25) is 4.90 Å². The predicted octanol–water partition coefficient (Wildman–Crippen LogP) is 2.03. The molecule has 3 nitrogen and oxygen atoms in total. The van der Waals surface area contributed by atoms with E-state index in [1.54, 1.807) is 0 Å². The van der Waals surface area contributed by atoms with Crippen LogP contribution in [0.25, 0.3) is 0 Å². The molecule has 2 fully saturated rings. The van der Waals surface area contributed by atoms with Crippen LogP contribution in [0, 0.1) is 0 Å². The third kappa shape index (κ3) is 3.16. The van der Waals surface area contributed by atoms with Crippen molar-refractivity contribution in [1.29, 1.82) is 0 Å². The van der Waals surface area contributed by atoms with Gasteiger partial charge in [0.1, 0.15) is 0 Å². The molecule has 2 saturated heterocycles. The van der Waals surface area contributed by atoms with Crippen molar-refractivity contribution in [2.24, 2.45) is 0 Å². The van der Waals surface area contributed by atoms with E-state index >= 15 is 0 Å². The maximum atomic E-state index is 6.18. The first-order chi connectivity index (χ1) is 9.26. The van der Waals surface area contributed by atoms with Gasteiger partial charge in [-0.25, -0.2) is 0 Å². The van der Waals surface area contributed by atoms with E-state index in [0.29, 0.717) is 6.04 Å². The first kappa shape index (κ1) is 13.1. The molecule has 0 amide bonds. The summed E-state index contributed by atoms with van der Waals surface area (Å²) >= 11 is 0. The number of likely N-dealkylation sites (tertiary alicyclic amines) is 1. The molecule has 2 atom stereocenters. The molecule has 0 aromatic heterocycles. The highest BCUT2D eigenvalue weighted by Crippen LogP contribution is 2.28. The number of nitrogens with zero attached hydrogens (tertiary/aromatic N) is 1. The van der Waals surface area contributed by atoms with Crippen LogP contribution in [0.1, 0.15) is 25.3 Å². The van der Waals surface area contributed by atoms with Crippen LogP contribution in [-0.4, -0.2) is 42.8 Å². The van der Waals surface area contributed by atoms with Crippen molar-refractivity contribution in [3.05, 3.63) is 35.9 Å².